The Balaban J connectivity index is 2.26. The highest BCUT2D eigenvalue weighted by molar-refractivity contribution is 7.90. The molecule has 5 nitrogen and oxygen atoms in total. The predicted molar refractivity (Wildman–Crippen MR) is 98.3 cm³/mol. The Morgan fingerprint density at radius 1 is 1.04 bits per heavy atom. The molecular formula is C20H20O5S. The highest BCUT2D eigenvalue weighted by atomic mass is 32.2. The summed E-state index contributed by atoms with van der Waals surface area (Å²) in [7, 11) is -3.50. The van der Waals surface area contributed by atoms with E-state index < -0.39 is 21.4 Å². The minimum Gasteiger partial charge on any atom is -0.449 e. The molecule has 0 aliphatic carbocycles. The molecule has 2 aromatic rings. The second kappa shape index (κ2) is 6.61. The molecule has 0 N–H and O–H groups in total. The van der Waals surface area contributed by atoms with Gasteiger partial charge in [-0.15, -0.1) is 0 Å². The Kier molecular flexibility index (Phi) is 4.63. The molecule has 1 aliphatic heterocycles. The van der Waals surface area contributed by atoms with E-state index in [-0.39, 0.29) is 10.7 Å². The summed E-state index contributed by atoms with van der Waals surface area (Å²) in [5, 5.41) is 0. The highest BCUT2D eigenvalue weighted by Crippen LogP contribution is 2.44. The highest BCUT2D eigenvalue weighted by Gasteiger charge is 2.46. The molecule has 1 aliphatic rings. The lowest BCUT2D eigenvalue weighted by Gasteiger charge is -2.25. The zero-order valence-corrected chi connectivity index (χ0v) is 15.7. The molecule has 2 aromatic carbocycles. The molecule has 0 fully saturated rings. The number of rotatable bonds is 5. The van der Waals surface area contributed by atoms with Gasteiger partial charge in [-0.3, -0.25) is 0 Å². The van der Waals surface area contributed by atoms with E-state index in [1.54, 1.807) is 49.4 Å². The molecule has 0 unspecified atom stereocenters. The van der Waals surface area contributed by atoms with Gasteiger partial charge in [0, 0.05) is 11.8 Å². The van der Waals surface area contributed by atoms with E-state index in [1.165, 1.54) is 6.07 Å². The van der Waals surface area contributed by atoms with E-state index in [0.29, 0.717) is 23.3 Å². The Labute approximate surface area is 153 Å². The van der Waals surface area contributed by atoms with Gasteiger partial charge in [0.05, 0.1) is 10.5 Å². The average Bonchev–Trinajstić information content (AvgIpc) is 2.86. The Bertz CT molecular complexity index is 976. The quantitative estimate of drug-likeness (QED) is 0.750. The summed E-state index contributed by atoms with van der Waals surface area (Å²) >= 11 is 0. The van der Waals surface area contributed by atoms with Gasteiger partial charge in [0.2, 0.25) is 5.76 Å². The molecule has 0 radical (unpaired) electrons. The Morgan fingerprint density at radius 2 is 1.65 bits per heavy atom. The molecule has 0 saturated heterocycles. The number of esters is 1. The monoisotopic (exact) mass is 372 g/mol. The molecule has 0 bridgehead atoms. The topological polar surface area (TPSA) is 69.7 Å². The molecule has 1 heterocycles. The van der Waals surface area contributed by atoms with Gasteiger partial charge in [0.1, 0.15) is 11.4 Å². The summed E-state index contributed by atoms with van der Waals surface area (Å²) < 4.78 is 35.9. The normalized spacial score (nSPS) is 20.2. The Morgan fingerprint density at radius 3 is 2.27 bits per heavy atom. The summed E-state index contributed by atoms with van der Waals surface area (Å²) in [6.07, 6.45) is 1.62. The third-order valence-electron chi connectivity index (χ3n) is 4.45. The molecule has 1 atom stereocenters. The van der Waals surface area contributed by atoms with Gasteiger partial charge >= 0.3 is 5.97 Å². The summed E-state index contributed by atoms with van der Waals surface area (Å²) in [5.41, 5.74) is -0.0897. The number of cyclic esters (lactones) is 1. The second-order valence-corrected chi connectivity index (χ2v) is 8.35. The number of ether oxygens (including phenoxy) is 2. The van der Waals surface area contributed by atoms with Gasteiger partial charge < -0.3 is 9.47 Å². The van der Waals surface area contributed by atoms with Crippen molar-refractivity contribution in [3.05, 3.63) is 65.9 Å². The summed E-state index contributed by atoms with van der Waals surface area (Å²) in [5.74, 6) is -0.0951. The first-order chi connectivity index (χ1) is 12.3. The van der Waals surface area contributed by atoms with Crippen molar-refractivity contribution in [1.29, 1.82) is 0 Å². The number of hydrogen-bond acceptors (Lipinski definition) is 5. The maximum absolute atomic E-state index is 12.5. The van der Waals surface area contributed by atoms with Crippen LogP contribution in [0.5, 0.6) is 5.75 Å². The van der Waals surface area contributed by atoms with E-state index >= 15 is 0 Å². The van der Waals surface area contributed by atoms with Crippen molar-refractivity contribution in [3.8, 4) is 5.75 Å². The van der Waals surface area contributed by atoms with Crippen LogP contribution in [0, 0.1) is 0 Å². The van der Waals surface area contributed by atoms with Crippen LogP contribution < -0.4 is 4.74 Å². The maximum atomic E-state index is 12.5. The van der Waals surface area contributed by atoms with Crippen molar-refractivity contribution >= 4 is 21.4 Å². The van der Waals surface area contributed by atoms with Crippen molar-refractivity contribution in [2.45, 2.75) is 30.8 Å². The number of hydrogen-bond donors (Lipinski definition) is 0. The van der Waals surface area contributed by atoms with Crippen molar-refractivity contribution < 1.29 is 22.7 Å². The third-order valence-corrected chi connectivity index (χ3v) is 5.61. The standard InChI is InChI=1S/C20H20O5S/c1-4-20(2)17(15-12-8-9-13-16(15)26(3,22)23)18(19(21)25-20)24-14-10-6-5-7-11-14/h5-13H,4H2,1-3H3/t20-/m1/s1. The zero-order chi connectivity index (χ0) is 18.9. The summed E-state index contributed by atoms with van der Waals surface area (Å²) in [6.45, 7) is 3.64. The summed E-state index contributed by atoms with van der Waals surface area (Å²) in [4.78, 5) is 12.7. The lowest BCUT2D eigenvalue weighted by molar-refractivity contribution is -0.147. The largest absolute Gasteiger partial charge is 0.449 e. The smallest absolute Gasteiger partial charge is 0.375 e. The molecule has 26 heavy (non-hydrogen) atoms. The first kappa shape index (κ1) is 18.2. The fraction of sp³-hybridized carbons (Fsp3) is 0.250. The third kappa shape index (κ3) is 3.24. The number of benzene rings is 2. The van der Waals surface area contributed by atoms with Crippen molar-refractivity contribution in [3.63, 3.8) is 0 Å². The molecule has 136 valence electrons. The lowest BCUT2D eigenvalue weighted by atomic mass is 9.88. The van der Waals surface area contributed by atoms with Crippen LogP contribution in [0.1, 0.15) is 25.8 Å². The molecule has 0 amide bonds. The minimum atomic E-state index is -3.50. The fourth-order valence-electron chi connectivity index (χ4n) is 3.00. The molecule has 6 heteroatoms. The van der Waals surface area contributed by atoms with Crippen LogP contribution in [0.15, 0.2) is 65.3 Å². The van der Waals surface area contributed by atoms with Gasteiger partial charge in [-0.05, 0) is 31.5 Å². The zero-order valence-electron chi connectivity index (χ0n) is 14.9. The second-order valence-electron chi connectivity index (χ2n) is 6.36. The van der Waals surface area contributed by atoms with Crippen LogP contribution in [0.25, 0.3) is 5.57 Å². The van der Waals surface area contributed by atoms with Gasteiger partial charge in [0.25, 0.3) is 0 Å². The molecule has 0 saturated carbocycles. The van der Waals surface area contributed by atoms with Gasteiger partial charge in [-0.1, -0.05) is 43.3 Å². The molecule has 3 rings (SSSR count). The van der Waals surface area contributed by atoms with Crippen molar-refractivity contribution in [2.75, 3.05) is 6.26 Å². The molecule has 0 spiro atoms. The maximum Gasteiger partial charge on any atom is 0.375 e. The van der Waals surface area contributed by atoms with E-state index in [9.17, 15) is 13.2 Å². The first-order valence-corrected chi connectivity index (χ1v) is 10.2. The minimum absolute atomic E-state index is 0.0247. The van der Waals surface area contributed by atoms with E-state index in [1.807, 2.05) is 13.0 Å². The fourth-order valence-corrected chi connectivity index (χ4v) is 3.89. The van der Waals surface area contributed by atoms with Crippen LogP contribution in [-0.2, 0) is 19.4 Å². The van der Waals surface area contributed by atoms with Crippen LogP contribution in [0.4, 0.5) is 0 Å². The summed E-state index contributed by atoms with van der Waals surface area (Å²) in [6, 6.07) is 15.5. The van der Waals surface area contributed by atoms with Crippen molar-refractivity contribution in [2.24, 2.45) is 0 Å². The van der Waals surface area contributed by atoms with Gasteiger partial charge in [-0.25, -0.2) is 13.2 Å². The number of sulfone groups is 1. The lowest BCUT2D eigenvalue weighted by Crippen LogP contribution is -2.26. The molecule has 0 aromatic heterocycles. The average molecular weight is 372 g/mol. The van der Waals surface area contributed by atoms with Crippen LogP contribution >= 0.6 is 0 Å². The van der Waals surface area contributed by atoms with Crippen molar-refractivity contribution in [1.82, 2.24) is 0 Å². The number of carbonyl (C=O) groups is 1. The van der Waals surface area contributed by atoms with Gasteiger partial charge in [0.15, 0.2) is 9.84 Å². The van der Waals surface area contributed by atoms with E-state index in [0.717, 1.165) is 6.26 Å². The van der Waals surface area contributed by atoms with E-state index in [4.69, 9.17) is 9.47 Å². The van der Waals surface area contributed by atoms with E-state index in [2.05, 4.69) is 0 Å². The SMILES string of the molecule is CC[C@@]1(C)OC(=O)C(Oc2ccccc2)=C1c1ccccc1S(C)(=O)=O. The van der Waals surface area contributed by atoms with Crippen LogP contribution in [0.2, 0.25) is 0 Å². The number of para-hydroxylation sites is 1. The first-order valence-electron chi connectivity index (χ1n) is 8.27. The number of carbonyl (C=O) groups excluding carboxylic acids is 1. The van der Waals surface area contributed by atoms with Crippen LogP contribution in [-0.4, -0.2) is 26.2 Å². The predicted octanol–water partition coefficient (Wildman–Crippen LogP) is 3.61. The van der Waals surface area contributed by atoms with Crippen LogP contribution in [0.3, 0.4) is 0 Å². The van der Waals surface area contributed by atoms with Gasteiger partial charge in [-0.2, -0.15) is 0 Å². The Hall–Kier alpha value is -2.60. The molecular weight excluding hydrogens is 352 g/mol.